The van der Waals surface area contributed by atoms with Crippen molar-refractivity contribution < 1.29 is 23.5 Å². The van der Waals surface area contributed by atoms with Gasteiger partial charge in [0.1, 0.15) is 11.6 Å². The first-order valence-corrected chi connectivity index (χ1v) is 7.67. The number of ether oxygens (including phenoxy) is 2. The molecule has 1 N–H and O–H groups in total. The van der Waals surface area contributed by atoms with Gasteiger partial charge in [0, 0.05) is 7.05 Å². The summed E-state index contributed by atoms with van der Waals surface area (Å²) in [6.07, 6.45) is -0.997. The SMILES string of the molecule is Cc1nn(C)c(C)c1NC(=O)[C@@H](C)OC(=O)COc1ccc(F)cc1. The second kappa shape index (κ2) is 7.78. The van der Waals surface area contributed by atoms with E-state index in [-0.39, 0.29) is 6.61 Å². The minimum atomic E-state index is -0.997. The fourth-order valence-electron chi connectivity index (χ4n) is 2.14. The van der Waals surface area contributed by atoms with Crippen LogP contribution in [0.4, 0.5) is 10.1 Å². The van der Waals surface area contributed by atoms with Gasteiger partial charge in [-0.15, -0.1) is 0 Å². The summed E-state index contributed by atoms with van der Waals surface area (Å²) in [6, 6.07) is 5.23. The predicted octanol–water partition coefficient (Wildman–Crippen LogP) is 2.13. The molecule has 0 aliphatic carbocycles. The van der Waals surface area contributed by atoms with Crippen molar-refractivity contribution in [2.75, 3.05) is 11.9 Å². The van der Waals surface area contributed by atoms with Gasteiger partial charge >= 0.3 is 5.97 Å². The number of rotatable bonds is 6. The van der Waals surface area contributed by atoms with Crippen LogP contribution in [0.1, 0.15) is 18.3 Å². The van der Waals surface area contributed by atoms with Crippen molar-refractivity contribution in [1.82, 2.24) is 9.78 Å². The zero-order valence-electron chi connectivity index (χ0n) is 14.5. The quantitative estimate of drug-likeness (QED) is 0.808. The summed E-state index contributed by atoms with van der Waals surface area (Å²) in [5.74, 6) is -1.24. The van der Waals surface area contributed by atoms with Crippen molar-refractivity contribution >= 4 is 17.6 Å². The number of amides is 1. The fourth-order valence-corrected chi connectivity index (χ4v) is 2.14. The smallest absolute Gasteiger partial charge is 0.344 e. The Morgan fingerprint density at radius 1 is 1.28 bits per heavy atom. The molecule has 2 aromatic rings. The number of aryl methyl sites for hydroxylation is 2. The normalized spacial score (nSPS) is 11.7. The van der Waals surface area contributed by atoms with Gasteiger partial charge in [-0.3, -0.25) is 9.48 Å². The first-order valence-electron chi connectivity index (χ1n) is 7.67. The van der Waals surface area contributed by atoms with Crippen LogP contribution < -0.4 is 10.1 Å². The number of nitrogens with zero attached hydrogens (tertiary/aromatic N) is 2. The number of carbonyl (C=O) groups excluding carboxylic acids is 2. The number of esters is 1. The first kappa shape index (κ1) is 18.4. The van der Waals surface area contributed by atoms with Gasteiger partial charge in [-0.25, -0.2) is 9.18 Å². The molecule has 0 saturated heterocycles. The molecular weight excluding hydrogens is 329 g/mol. The summed E-state index contributed by atoms with van der Waals surface area (Å²) in [7, 11) is 1.77. The van der Waals surface area contributed by atoms with Crippen LogP contribution >= 0.6 is 0 Å². The van der Waals surface area contributed by atoms with Crippen LogP contribution in [-0.4, -0.2) is 34.4 Å². The molecule has 1 amide bonds. The molecule has 8 heteroatoms. The van der Waals surface area contributed by atoms with Gasteiger partial charge in [0.05, 0.1) is 17.1 Å². The van der Waals surface area contributed by atoms with Crippen LogP contribution in [0.25, 0.3) is 0 Å². The van der Waals surface area contributed by atoms with Crippen LogP contribution in [0, 0.1) is 19.7 Å². The summed E-state index contributed by atoms with van der Waals surface area (Å²) in [5.41, 5.74) is 2.06. The maximum absolute atomic E-state index is 12.8. The zero-order valence-corrected chi connectivity index (χ0v) is 14.5. The molecule has 0 spiro atoms. The molecule has 0 saturated carbocycles. The van der Waals surface area contributed by atoms with Gasteiger partial charge in [0.15, 0.2) is 12.7 Å². The van der Waals surface area contributed by atoms with E-state index in [1.165, 1.54) is 31.2 Å². The Hall–Kier alpha value is -2.90. The lowest BCUT2D eigenvalue weighted by Gasteiger charge is -2.14. The van der Waals surface area contributed by atoms with Crippen molar-refractivity contribution in [2.45, 2.75) is 26.9 Å². The molecule has 0 fully saturated rings. The monoisotopic (exact) mass is 349 g/mol. The fraction of sp³-hybridized carbons (Fsp3) is 0.353. The van der Waals surface area contributed by atoms with Crippen molar-refractivity contribution in [1.29, 1.82) is 0 Å². The number of halogens is 1. The number of hydrogen-bond donors (Lipinski definition) is 1. The van der Waals surface area contributed by atoms with E-state index in [0.29, 0.717) is 17.1 Å². The van der Waals surface area contributed by atoms with Crippen molar-refractivity contribution in [3.05, 3.63) is 41.5 Å². The molecule has 0 aliphatic rings. The van der Waals surface area contributed by atoms with Gasteiger partial charge in [-0.2, -0.15) is 5.10 Å². The number of benzene rings is 1. The molecule has 1 aromatic heterocycles. The molecule has 0 unspecified atom stereocenters. The average molecular weight is 349 g/mol. The first-order chi connectivity index (χ1) is 11.8. The second-order valence-corrected chi connectivity index (χ2v) is 5.53. The molecule has 1 heterocycles. The van der Waals surface area contributed by atoms with Gasteiger partial charge in [-0.05, 0) is 45.0 Å². The highest BCUT2D eigenvalue weighted by atomic mass is 19.1. The Balaban J connectivity index is 1.85. The third-order valence-electron chi connectivity index (χ3n) is 3.60. The lowest BCUT2D eigenvalue weighted by molar-refractivity contribution is -0.155. The van der Waals surface area contributed by atoms with E-state index in [0.717, 1.165) is 5.69 Å². The number of carbonyl (C=O) groups is 2. The summed E-state index contributed by atoms with van der Waals surface area (Å²) in [5, 5.41) is 6.90. The maximum Gasteiger partial charge on any atom is 0.344 e. The van der Waals surface area contributed by atoms with Gasteiger partial charge in [0.2, 0.25) is 0 Å². The topological polar surface area (TPSA) is 82.5 Å². The molecule has 1 aromatic carbocycles. The minimum absolute atomic E-state index is 0.331. The van der Waals surface area contributed by atoms with E-state index >= 15 is 0 Å². The molecule has 0 aliphatic heterocycles. The highest BCUT2D eigenvalue weighted by molar-refractivity contribution is 5.96. The molecule has 134 valence electrons. The van der Waals surface area contributed by atoms with E-state index < -0.39 is 23.8 Å². The third kappa shape index (κ3) is 4.79. The van der Waals surface area contributed by atoms with Crippen LogP contribution in [0.5, 0.6) is 5.75 Å². The average Bonchev–Trinajstić information content (AvgIpc) is 2.80. The van der Waals surface area contributed by atoms with E-state index in [2.05, 4.69) is 10.4 Å². The van der Waals surface area contributed by atoms with Crippen molar-refractivity contribution in [3.8, 4) is 5.75 Å². The highest BCUT2D eigenvalue weighted by Gasteiger charge is 2.21. The zero-order chi connectivity index (χ0) is 18.6. The molecule has 1 atom stereocenters. The molecule has 2 rings (SSSR count). The van der Waals surface area contributed by atoms with Crippen molar-refractivity contribution in [2.24, 2.45) is 7.05 Å². The molecule has 25 heavy (non-hydrogen) atoms. The Morgan fingerprint density at radius 2 is 1.92 bits per heavy atom. The summed E-state index contributed by atoms with van der Waals surface area (Å²) in [6.45, 7) is 4.68. The van der Waals surface area contributed by atoms with E-state index in [1.807, 2.05) is 6.92 Å². The molecular formula is C17H20FN3O4. The van der Waals surface area contributed by atoms with Gasteiger partial charge < -0.3 is 14.8 Å². The number of hydrogen-bond acceptors (Lipinski definition) is 5. The van der Waals surface area contributed by atoms with Gasteiger partial charge in [0.25, 0.3) is 5.91 Å². The lowest BCUT2D eigenvalue weighted by atomic mass is 10.3. The van der Waals surface area contributed by atoms with Crippen LogP contribution in [0.2, 0.25) is 0 Å². The Bertz CT molecular complexity index is 771. The van der Waals surface area contributed by atoms with Crippen LogP contribution in [0.3, 0.4) is 0 Å². The standard InChI is InChI=1S/C17H20FN3O4/c1-10-16(11(2)21(4)20-10)19-17(23)12(3)25-15(22)9-24-14-7-5-13(18)6-8-14/h5-8,12H,9H2,1-4H3,(H,19,23)/t12-/m1/s1. The lowest BCUT2D eigenvalue weighted by Crippen LogP contribution is -2.32. The van der Waals surface area contributed by atoms with Crippen LogP contribution in [0.15, 0.2) is 24.3 Å². The largest absolute Gasteiger partial charge is 0.482 e. The van der Waals surface area contributed by atoms with E-state index in [4.69, 9.17) is 9.47 Å². The maximum atomic E-state index is 12.8. The van der Waals surface area contributed by atoms with Gasteiger partial charge in [-0.1, -0.05) is 0 Å². The minimum Gasteiger partial charge on any atom is -0.482 e. The number of nitrogens with one attached hydrogen (secondary N) is 1. The van der Waals surface area contributed by atoms with Crippen LogP contribution in [-0.2, 0) is 21.4 Å². The Morgan fingerprint density at radius 3 is 2.48 bits per heavy atom. The highest BCUT2D eigenvalue weighted by Crippen LogP contribution is 2.18. The Kier molecular flexibility index (Phi) is 5.74. The summed E-state index contributed by atoms with van der Waals surface area (Å²) >= 11 is 0. The van der Waals surface area contributed by atoms with Crippen molar-refractivity contribution in [3.63, 3.8) is 0 Å². The summed E-state index contributed by atoms with van der Waals surface area (Å²) in [4.78, 5) is 23.9. The second-order valence-electron chi connectivity index (χ2n) is 5.53. The number of aromatic nitrogens is 2. The summed E-state index contributed by atoms with van der Waals surface area (Å²) < 4.78 is 24.7. The third-order valence-corrected chi connectivity index (χ3v) is 3.60. The molecule has 7 nitrogen and oxygen atoms in total. The number of anilines is 1. The predicted molar refractivity (Wildman–Crippen MR) is 88.8 cm³/mol. The Labute approximate surface area is 144 Å². The molecule has 0 radical (unpaired) electrons. The van der Waals surface area contributed by atoms with E-state index in [1.54, 1.807) is 18.7 Å². The molecule has 0 bridgehead atoms. The van der Waals surface area contributed by atoms with E-state index in [9.17, 15) is 14.0 Å².